The summed E-state index contributed by atoms with van der Waals surface area (Å²) in [6.45, 7) is 6.07. The zero-order valence-corrected chi connectivity index (χ0v) is 9.92. The quantitative estimate of drug-likeness (QED) is 0.639. The molecule has 0 atom stereocenters. The number of amides is 1. The summed E-state index contributed by atoms with van der Waals surface area (Å²) in [6.07, 6.45) is 1.38. The molecule has 4 nitrogen and oxygen atoms in total. The van der Waals surface area contributed by atoms with E-state index < -0.39 is 0 Å². The van der Waals surface area contributed by atoms with Crippen molar-refractivity contribution >= 4 is 5.91 Å². The highest BCUT2D eigenvalue weighted by molar-refractivity contribution is 5.77. The third-order valence-electron chi connectivity index (χ3n) is 1.95. The SMILES string of the molecule is CC(C)CNC(=O)CN(C)CCCC#N. The molecule has 0 aliphatic heterocycles. The monoisotopic (exact) mass is 211 g/mol. The van der Waals surface area contributed by atoms with Gasteiger partial charge in [-0.2, -0.15) is 5.26 Å². The highest BCUT2D eigenvalue weighted by Gasteiger charge is 2.05. The summed E-state index contributed by atoms with van der Waals surface area (Å²) in [5.74, 6) is 0.543. The number of nitrogens with one attached hydrogen (secondary N) is 1. The second kappa shape index (κ2) is 8.25. The molecule has 0 radical (unpaired) electrons. The molecule has 1 amide bonds. The van der Waals surface area contributed by atoms with Crippen molar-refractivity contribution in [3.63, 3.8) is 0 Å². The lowest BCUT2D eigenvalue weighted by atomic mass is 10.2. The molecule has 0 aromatic heterocycles. The van der Waals surface area contributed by atoms with Crippen molar-refractivity contribution in [2.75, 3.05) is 26.7 Å². The Morgan fingerprint density at radius 3 is 2.73 bits per heavy atom. The van der Waals surface area contributed by atoms with E-state index in [-0.39, 0.29) is 5.91 Å². The Hall–Kier alpha value is -1.08. The maximum atomic E-state index is 11.4. The summed E-state index contributed by atoms with van der Waals surface area (Å²) in [6, 6.07) is 2.09. The van der Waals surface area contributed by atoms with Gasteiger partial charge in [-0.25, -0.2) is 0 Å². The number of hydrogen-bond donors (Lipinski definition) is 1. The largest absolute Gasteiger partial charge is 0.355 e. The van der Waals surface area contributed by atoms with Gasteiger partial charge >= 0.3 is 0 Å². The van der Waals surface area contributed by atoms with E-state index in [4.69, 9.17) is 5.26 Å². The number of carbonyl (C=O) groups is 1. The Bertz CT molecular complexity index is 220. The fourth-order valence-electron chi connectivity index (χ4n) is 1.13. The van der Waals surface area contributed by atoms with Gasteiger partial charge < -0.3 is 5.32 Å². The first-order chi connectivity index (χ1) is 7.06. The van der Waals surface area contributed by atoms with E-state index in [9.17, 15) is 4.79 Å². The van der Waals surface area contributed by atoms with Crippen LogP contribution in [0.25, 0.3) is 0 Å². The Balaban J connectivity index is 3.54. The van der Waals surface area contributed by atoms with E-state index in [1.54, 1.807) is 0 Å². The molecule has 0 spiro atoms. The van der Waals surface area contributed by atoms with Crippen molar-refractivity contribution in [3.05, 3.63) is 0 Å². The zero-order chi connectivity index (χ0) is 11.7. The molecule has 0 saturated heterocycles. The van der Waals surface area contributed by atoms with Crippen LogP contribution in [0, 0.1) is 17.2 Å². The van der Waals surface area contributed by atoms with Crippen LogP contribution >= 0.6 is 0 Å². The Labute approximate surface area is 92.3 Å². The van der Waals surface area contributed by atoms with Gasteiger partial charge in [0.15, 0.2) is 0 Å². The van der Waals surface area contributed by atoms with Crippen LogP contribution in [-0.4, -0.2) is 37.5 Å². The van der Waals surface area contributed by atoms with Crippen LogP contribution in [0.1, 0.15) is 26.7 Å². The molecule has 0 aromatic carbocycles. The zero-order valence-electron chi connectivity index (χ0n) is 9.92. The van der Waals surface area contributed by atoms with Crippen molar-refractivity contribution < 1.29 is 4.79 Å². The Morgan fingerprint density at radius 1 is 1.53 bits per heavy atom. The first kappa shape index (κ1) is 13.9. The van der Waals surface area contributed by atoms with E-state index in [1.165, 1.54) is 0 Å². The van der Waals surface area contributed by atoms with Crippen molar-refractivity contribution in [2.24, 2.45) is 5.92 Å². The van der Waals surface area contributed by atoms with E-state index in [2.05, 4.69) is 25.2 Å². The fourth-order valence-corrected chi connectivity index (χ4v) is 1.13. The molecule has 0 unspecified atom stereocenters. The molecule has 1 N–H and O–H groups in total. The molecule has 0 rings (SSSR count). The second-order valence-corrected chi connectivity index (χ2v) is 4.20. The van der Waals surface area contributed by atoms with Crippen LogP contribution in [-0.2, 0) is 4.79 Å². The van der Waals surface area contributed by atoms with Gasteiger partial charge in [-0.15, -0.1) is 0 Å². The molecule has 4 heteroatoms. The number of carbonyl (C=O) groups excluding carboxylic acids is 1. The molecule has 86 valence electrons. The molecule has 0 aliphatic carbocycles. The fraction of sp³-hybridized carbons (Fsp3) is 0.818. The molecule has 0 heterocycles. The minimum atomic E-state index is 0.0585. The molecule has 0 saturated carbocycles. The highest BCUT2D eigenvalue weighted by Crippen LogP contribution is 1.92. The average molecular weight is 211 g/mol. The normalized spacial score (nSPS) is 10.4. The summed E-state index contributed by atoms with van der Waals surface area (Å²) >= 11 is 0. The van der Waals surface area contributed by atoms with Crippen LogP contribution in [0.4, 0.5) is 0 Å². The van der Waals surface area contributed by atoms with E-state index in [1.807, 2.05) is 11.9 Å². The smallest absolute Gasteiger partial charge is 0.234 e. The third-order valence-corrected chi connectivity index (χ3v) is 1.95. The minimum Gasteiger partial charge on any atom is -0.355 e. The van der Waals surface area contributed by atoms with Gasteiger partial charge in [-0.3, -0.25) is 9.69 Å². The Morgan fingerprint density at radius 2 is 2.20 bits per heavy atom. The van der Waals surface area contributed by atoms with E-state index >= 15 is 0 Å². The second-order valence-electron chi connectivity index (χ2n) is 4.20. The summed E-state index contributed by atoms with van der Waals surface area (Å²) in [4.78, 5) is 13.3. The topological polar surface area (TPSA) is 56.1 Å². The standard InChI is InChI=1S/C11H21N3O/c1-10(2)8-13-11(15)9-14(3)7-5-4-6-12/h10H,4-5,7-9H2,1-3H3,(H,13,15). The van der Waals surface area contributed by atoms with Gasteiger partial charge in [0, 0.05) is 13.0 Å². The van der Waals surface area contributed by atoms with Gasteiger partial charge in [0.25, 0.3) is 0 Å². The van der Waals surface area contributed by atoms with Crippen molar-refractivity contribution in [1.82, 2.24) is 10.2 Å². The Kier molecular flexibility index (Phi) is 7.65. The van der Waals surface area contributed by atoms with E-state index in [0.29, 0.717) is 18.9 Å². The van der Waals surface area contributed by atoms with Crippen LogP contribution in [0.5, 0.6) is 0 Å². The lowest BCUT2D eigenvalue weighted by molar-refractivity contribution is -0.122. The van der Waals surface area contributed by atoms with Crippen LogP contribution in [0.15, 0.2) is 0 Å². The first-order valence-corrected chi connectivity index (χ1v) is 5.38. The van der Waals surface area contributed by atoms with Gasteiger partial charge in [0.2, 0.25) is 5.91 Å². The van der Waals surface area contributed by atoms with Gasteiger partial charge in [-0.1, -0.05) is 13.8 Å². The predicted molar refractivity (Wildman–Crippen MR) is 60.2 cm³/mol. The molecule has 0 aromatic rings. The van der Waals surface area contributed by atoms with Crippen molar-refractivity contribution in [2.45, 2.75) is 26.7 Å². The number of nitrogens with zero attached hydrogens (tertiary/aromatic N) is 2. The number of hydrogen-bond acceptors (Lipinski definition) is 3. The van der Waals surface area contributed by atoms with Crippen molar-refractivity contribution in [1.29, 1.82) is 5.26 Å². The van der Waals surface area contributed by atoms with Crippen LogP contribution < -0.4 is 5.32 Å². The highest BCUT2D eigenvalue weighted by atomic mass is 16.2. The summed E-state index contributed by atoms with van der Waals surface area (Å²) in [7, 11) is 1.90. The number of rotatable bonds is 7. The number of likely N-dealkylation sites (N-methyl/N-ethyl adjacent to an activating group) is 1. The van der Waals surface area contributed by atoms with Crippen LogP contribution in [0.3, 0.4) is 0 Å². The third kappa shape index (κ3) is 9.23. The lowest BCUT2D eigenvalue weighted by Crippen LogP contribution is -2.37. The maximum absolute atomic E-state index is 11.4. The predicted octanol–water partition coefficient (Wildman–Crippen LogP) is 0.994. The maximum Gasteiger partial charge on any atom is 0.234 e. The van der Waals surface area contributed by atoms with Crippen molar-refractivity contribution in [3.8, 4) is 6.07 Å². The summed E-state index contributed by atoms with van der Waals surface area (Å²) in [5, 5.41) is 11.2. The summed E-state index contributed by atoms with van der Waals surface area (Å²) in [5.41, 5.74) is 0. The molecule has 0 bridgehead atoms. The first-order valence-electron chi connectivity index (χ1n) is 5.38. The molecule has 15 heavy (non-hydrogen) atoms. The summed E-state index contributed by atoms with van der Waals surface area (Å²) < 4.78 is 0. The van der Waals surface area contributed by atoms with Gasteiger partial charge in [0.05, 0.1) is 12.6 Å². The van der Waals surface area contributed by atoms with Gasteiger partial charge in [-0.05, 0) is 25.9 Å². The molecular weight excluding hydrogens is 190 g/mol. The molecular formula is C11H21N3O. The lowest BCUT2D eigenvalue weighted by Gasteiger charge is -2.15. The van der Waals surface area contributed by atoms with E-state index in [0.717, 1.165) is 19.5 Å². The number of nitriles is 1. The molecule has 0 aliphatic rings. The number of unbranched alkanes of at least 4 members (excludes halogenated alkanes) is 1. The average Bonchev–Trinajstić information content (AvgIpc) is 2.15. The van der Waals surface area contributed by atoms with Crippen LogP contribution in [0.2, 0.25) is 0 Å². The van der Waals surface area contributed by atoms with Gasteiger partial charge in [0.1, 0.15) is 0 Å². The minimum absolute atomic E-state index is 0.0585. The molecule has 0 fully saturated rings.